The summed E-state index contributed by atoms with van der Waals surface area (Å²) in [5.74, 6) is 0.139. The van der Waals surface area contributed by atoms with Gasteiger partial charge < -0.3 is 14.5 Å². The minimum atomic E-state index is -0.287. The first-order valence-electron chi connectivity index (χ1n) is 9.11. The molecule has 0 N–H and O–H groups in total. The Morgan fingerprint density at radius 2 is 1.87 bits per heavy atom. The van der Waals surface area contributed by atoms with E-state index in [0.29, 0.717) is 32.2 Å². The number of rotatable bonds is 2. The molecule has 3 fully saturated rings. The lowest BCUT2D eigenvalue weighted by molar-refractivity contribution is -0.156. The SMILES string of the molecule is CC1CN(C(=O)C2CC(=O)N(C3CCCCC3)C2)C(C)(C)CO1. The molecule has 1 aliphatic carbocycles. The first-order chi connectivity index (χ1) is 10.9. The van der Waals surface area contributed by atoms with Gasteiger partial charge in [0.15, 0.2) is 0 Å². The van der Waals surface area contributed by atoms with Crippen molar-refractivity contribution in [2.45, 2.75) is 77.0 Å². The van der Waals surface area contributed by atoms with E-state index in [1.54, 1.807) is 0 Å². The molecule has 2 aliphatic heterocycles. The van der Waals surface area contributed by atoms with E-state index in [1.165, 1.54) is 19.3 Å². The molecule has 2 unspecified atom stereocenters. The summed E-state index contributed by atoms with van der Waals surface area (Å²) >= 11 is 0. The highest BCUT2D eigenvalue weighted by molar-refractivity contribution is 5.89. The average Bonchev–Trinajstić information content (AvgIpc) is 2.92. The standard InChI is InChI=1S/C18H30N2O3/c1-13-10-20(18(2,3)12-23-13)17(22)14-9-16(21)19(11-14)15-7-5-4-6-8-15/h13-15H,4-12H2,1-3H3. The van der Waals surface area contributed by atoms with E-state index in [-0.39, 0.29) is 29.4 Å². The van der Waals surface area contributed by atoms with Crippen molar-refractivity contribution < 1.29 is 14.3 Å². The Balaban J connectivity index is 1.67. The third-order valence-electron chi connectivity index (χ3n) is 5.68. The van der Waals surface area contributed by atoms with Crippen LogP contribution in [0.4, 0.5) is 0 Å². The second kappa shape index (κ2) is 6.42. The molecule has 0 aromatic carbocycles. The van der Waals surface area contributed by atoms with Gasteiger partial charge in [-0.3, -0.25) is 9.59 Å². The Bertz CT molecular complexity index is 471. The van der Waals surface area contributed by atoms with Crippen LogP contribution in [0.15, 0.2) is 0 Å². The quantitative estimate of drug-likeness (QED) is 0.783. The van der Waals surface area contributed by atoms with Gasteiger partial charge in [-0.25, -0.2) is 0 Å². The summed E-state index contributed by atoms with van der Waals surface area (Å²) in [5.41, 5.74) is -0.287. The van der Waals surface area contributed by atoms with Gasteiger partial charge in [0.1, 0.15) is 0 Å². The van der Waals surface area contributed by atoms with Crippen LogP contribution in [0, 0.1) is 5.92 Å². The molecule has 5 heteroatoms. The second-order valence-electron chi connectivity index (χ2n) is 8.12. The van der Waals surface area contributed by atoms with Crippen molar-refractivity contribution >= 4 is 11.8 Å². The highest BCUT2D eigenvalue weighted by Gasteiger charge is 2.44. The molecule has 2 amide bonds. The van der Waals surface area contributed by atoms with E-state index < -0.39 is 0 Å². The Morgan fingerprint density at radius 1 is 1.17 bits per heavy atom. The van der Waals surface area contributed by atoms with Crippen LogP contribution in [0.1, 0.15) is 59.3 Å². The van der Waals surface area contributed by atoms with Crippen molar-refractivity contribution in [3.8, 4) is 0 Å². The lowest BCUT2D eigenvalue weighted by Crippen LogP contribution is -2.59. The van der Waals surface area contributed by atoms with E-state index in [0.717, 1.165) is 12.8 Å². The summed E-state index contributed by atoms with van der Waals surface area (Å²) in [7, 11) is 0. The van der Waals surface area contributed by atoms with E-state index in [9.17, 15) is 9.59 Å². The number of hydrogen-bond acceptors (Lipinski definition) is 3. The van der Waals surface area contributed by atoms with Gasteiger partial charge in [0.05, 0.1) is 24.2 Å². The smallest absolute Gasteiger partial charge is 0.228 e. The monoisotopic (exact) mass is 322 g/mol. The number of amides is 2. The highest BCUT2D eigenvalue weighted by atomic mass is 16.5. The van der Waals surface area contributed by atoms with Crippen LogP contribution in [-0.2, 0) is 14.3 Å². The number of morpholine rings is 1. The molecule has 5 nitrogen and oxygen atoms in total. The van der Waals surface area contributed by atoms with Gasteiger partial charge in [-0.15, -0.1) is 0 Å². The van der Waals surface area contributed by atoms with Crippen molar-refractivity contribution in [1.82, 2.24) is 9.80 Å². The Labute approximate surface area is 139 Å². The number of hydrogen-bond donors (Lipinski definition) is 0. The van der Waals surface area contributed by atoms with Gasteiger partial charge in [-0.05, 0) is 33.6 Å². The minimum Gasteiger partial charge on any atom is -0.374 e. The zero-order chi connectivity index (χ0) is 16.6. The molecule has 0 radical (unpaired) electrons. The lowest BCUT2D eigenvalue weighted by Gasteiger charge is -2.45. The molecule has 3 rings (SSSR count). The predicted octanol–water partition coefficient (Wildman–Crippen LogP) is 2.19. The van der Waals surface area contributed by atoms with Gasteiger partial charge in [-0.1, -0.05) is 19.3 Å². The summed E-state index contributed by atoms with van der Waals surface area (Å²) in [6, 6.07) is 0.366. The van der Waals surface area contributed by atoms with Gasteiger partial charge >= 0.3 is 0 Å². The third kappa shape index (κ3) is 3.39. The maximum absolute atomic E-state index is 13.0. The van der Waals surface area contributed by atoms with Gasteiger partial charge in [0.2, 0.25) is 11.8 Å². The van der Waals surface area contributed by atoms with E-state index >= 15 is 0 Å². The Kier molecular flexibility index (Phi) is 4.68. The lowest BCUT2D eigenvalue weighted by atomic mass is 9.94. The molecular weight excluding hydrogens is 292 g/mol. The van der Waals surface area contributed by atoms with Gasteiger partial charge in [0.25, 0.3) is 0 Å². The van der Waals surface area contributed by atoms with Crippen LogP contribution < -0.4 is 0 Å². The Morgan fingerprint density at radius 3 is 2.57 bits per heavy atom. The van der Waals surface area contributed by atoms with Crippen LogP contribution in [0.5, 0.6) is 0 Å². The summed E-state index contributed by atoms with van der Waals surface area (Å²) < 4.78 is 5.70. The fourth-order valence-electron chi connectivity index (χ4n) is 4.23. The van der Waals surface area contributed by atoms with Crippen molar-refractivity contribution in [2.24, 2.45) is 5.92 Å². The molecule has 0 bridgehead atoms. The molecule has 2 atom stereocenters. The first kappa shape index (κ1) is 16.7. The second-order valence-corrected chi connectivity index (χ2v) is 8.12. The van der Waals surface area contributed by atoms with Crippen LogP contribution >= 0.6 is 0 Å². The average molecular weight is 322 g/mol. The summed E-state index contributed by atoms with van der Waals surface area (Å²) in [6.45, 7) is 7.90. The van der Waals surface area contributed by atoms with Crippen LogP contribution in [0.2, 0.25) is 0 Å². The summed E-state index contributed by atoms with van der Waals surface area (Å²) in [4.78, 5) is 29.4. The number of ether oxygens (including phenoxy) is 1. The minimum absolute atomic E-state index is 0.0681. The van der Waals surface area contributed by atoms with Crippen LogP contribution in [0.25, 0.3) is 0 Å². The molecule has 0 spiro atoms. The van der Waals surface area contributed by atoms with E-state index in [1.807, 2.05) is 30.6 Å². The molecular formula is C18H30N2O3. The van der Waals surface area contributed by atoms with E-state index in [2.05, 4.69) is 0 Å². The largest absolute Gasteiger partial charge is 0.374 e. The normalized spacial score (nSPS) is 32.4. The number of nitrogens with zero attached hydrogens (tertiary/aromatic N) is 2. The fourth-order valence-corrected chi connectivity index (χ4v) is 4.23. The van der Waals surface area contributed by atoms with Gasteiger partial charge in [0, 0.05) is 25.6 Å². The van der Waals surface area contributed by atoms with Crippen LogP contribution in [0.3, 0.4) is 0 Å². The zero-order valence-corrected chi connectivity index (χ0v) is 14.7. The number of carbonyl (C=O) groups is 2. The summed E-state index contributed by atoms with van der Waals surface area (Å²) in [6.07, 6.45) is 6.36. The fraction of sp³-hybridized carbons (Fsp3) is 0.889. The molecule has 1 saturated carbocycles. The number of likely N-dealkylation sites (tertiary alicyclic amines) is 1. The molecule has 3 aliphatic rings. The maximum atomic E-state index is 13.0. The van der Waals surface area contributed by atoms with Crippen molar-refractivity contribution in [2.75, 3.05) is 19.7 Å². The molecule has 0 aromatic heterocycles. The predicted molar refractivity (Wildman–Crippen MR) is 87.9 cm³/mol. The molecule has 130 valence electrons. The maximum Gasteiger partial charge on any atom is 0.228 e. The summed E-state index contributed by atoms with van der Waals surface area (Å²) in [5, 5.41) is 0. The van der Waals surface area contributed by atoms with E-state index in [4.69, 9.17) is 4.74 Å². The van der Waals surface area contributed by atoms with Crippen molar-refractivity contribution in [1.29, 1.82) is 0 Å². The van der Waals surface area contributed by atoms with Gasteiger partial charge in [-0.2, -0.15) is 0 Å². The number of carbonyl (C=O) groups excluding carboxylic acids is 2. The van der Waals surface area contributed by atoms with Crippen molar-refractivity contribution in [3.63, 3.8) is 0 Å². The first-order valence-corrected chi connectivity index (χ1v) is 9.11. The zero-order valence-electron chi connectivity index (χ0n) is 14.7. The topological polar surface area (TPSA) is 49.9 Å². The third-order valence-corrected chi connectivity index (χ3v) is 5.68. The molecule has 2 heterocycles. The molecule has 23 heavy (non-hydrogen) atoms. The molecule has 2 saturated heterocycles. The highest BCUT2D eigenvalue weighted by Crippen LogP contribution is 2.31. The Hall–Kier alpha value is -1.10. The van der Waals surface area contributed by atoms with Crippen LogP contribution in [-0.4, -0.2) is 59.0 Å². The molecule has 0 aromatic rings. The van der Waals surface area contributed by atoms with Crippen molar-refractivity contribution in [3.05, 3.63) is 0 Å².